The van der Waals surface area contributed by atoms with Crippen LogP contribution in [-0.2, 0) is 10.5 Å². The van der Waals surface area contributed by atoms with Gasteiger partial charge in [0.25, 0.3) is 0 Å². The minimum Gasteiger partial charge on any atom is -0.370 e. The van der Waals surface area contributed by atoms with Crippen LogP contribution >= 0.6 is 11.8 Å². The molecular formula is C27H30N4O2S. The third kappa shape index (κ3) is 8.41. The van der Waals surface area contributed by atoms with Crippen LogP contribution in [0.3, 0.4) is 0 Å². The zero-order valence-corrected chi connectivity index (χ0v) is 19.8. The van der Waals surface area contributed by atoms with Crippen molar-refractivity contribution in [3.8, 4) is 0 Å². The van der Waals surface area contributed by atoms with Gasteiger partial charge in [-0.1, -0.05) is 60.7 Å². The van der Waals surface area contributed by atoms with Gasteiger partial charge in [0, 0.05) is 40.8 Å². The molecular weight excluding hydrogens is 444 g/mol. The normalized spacial score (nSPS) is 11.4. The van der Waals surface area contributed by atoms with Gasteiger partial charge in [-0.25, -0.2) is 0 Å². The largest absolute Gasteiger partial charge is 0.370 e. The molecule has 5 N–H and O–H groups in total. The number of guanidine groups is 1. The summed E-state index contributed by atoms with van der Waals surface area (Å²) in [6.45, 7) is 0.416. The van der Waals surface area contributed by atoms with Crippen molar-refractivity contribution in [2.24, 2.45) is 22.4 Å². The first kappa shape index (κ1) is 25.1. The van der Waals surface area contributed by atoms with E-state index < -0.39 is 5.92 Å². The van der Waals surface area contributed by atoms with Crippen LogP contribution in [0.5, 0.6) is 0 Å². The quantitative estimate of drug-likeness (QED) is 0.114. The smallest absolute Gasteiger partial charge is 0.227 e. The molecule has 0 aliphatic rings. The molecule has 0 fully saturated rings. The van der Waals surface area contributed by atoms with Crippen molar-refractivity contribution in [3.05, 3.63) is 96.1 Å². The summed E-state index contributed by atoms with van der Waals surface area (Å²) >= 11 is 1.76. The number of hydrogen-bond acceptors (Lipinski definition) is 4. The number of nitrogens with two attached hydrogens (primary N) is 2. The van der Waals surface area contributed by atoms with Gasteiger partial charge in [0.15, 0.2) is 11.7 Å². The van der Waals surface area contributed by atoms with Crippen LogP contribution in [0.1, 0.15) is 35.2 Å². The van der Waals surface area contributed by atoms with Crippen molar-refractivity contribution in [3.63, 3.8) is 0 Å². The monoisotopic (exact) mass is 474 g/mol. The number of Topliss-reactive ketones (excluding diaryl/α,β-unsaturated/α-hetero) is 1. The Hall–Kier alpha value is -3.58. The Morgan fingerprint density at radius 3 is 2.18 bits per heavy atom. The average Bonchev–Trinajstić information content (AvgIpc) is 2.86. The number of hydrogen-bond donors (Lipinski definition) is 3. The van der Waals surface area contributed by atoms with Crippen molar-refractivity contribution < 1.29 is 9.59 Å². The molecule has 0 aliphatic heterocycles. The predicted molar refractivity (Wildman–Crippen MR) is 140 cm³/mol. The predicted octanol–water partition coefficient (Wildman–Crippen LogP) is 4.86. The van der Waals surface area contributed by atoms with Gasteiger partial charge < -0.3 is 16.8 Å². The molecule has 0 saturated heterocycles. The average molecular weight is 475 g/mol. The second-order valence-electron chi connectivity index (χ2n) is 7.93. The molecule has 3 aromatic rings. The van der Waals surface area contributed by atoms with E-state index in [2.05, 4.69) is 22.4 Å². The number of aliphatic imine (C=N–C) groups is 1. The van der Waals surface area contributed by atoms with Crippen LogP contribution in [0.2, 0.25) is 0 Å². The Balaban J connectivity index is 1.60. The van der Waals surface area contributed by atoms with Gasteiger partial charge in [-0.2, -0.15) is 0 Å². The van der Waals surface area contributed by atoms with E-state index in [0.717, 1.165) is 5.75 Å². The molecule has 1 atom stereocenters. The lowest BCUT2D eigenvalue weighted by atomic mass is 9.93. The summed E-state index contributed by atoms with van der Waals surface area (Å²) in [5, 5.41) is 2.97. The summed E-state index contributed by atoms with van der Waals surface area (Å²) in [5.41, 5.74) is 13.3. The third-order valence-corrected chi connectivity index (χ3v) is 6.36. The highest BCUT2D eigenvalue weighted by atomic mass is 32.2. The van der Waals surface area contributed by atoms with Crippen LogP contribution in [0.4, 0.5) is 5.69 Å². The lowest BCUT2D eigenvalue weighted by molar-refractivity contribution is -0.120. The Kier molecular flexibility index (Phi) is 9.73. The van der Waals surface area contributed by atoms with Gasteiger partial charge in [-0.15, -0.1) is 11.8 Å². The molecule has 0 bridgehead atoms. The van der Waals surface area contributed by atoms with Crippen molar-refractivity contribution in [2.75, 3.05) is 11.9 Å². The third-order valence-electron chi connectivity index (χ3n) is 5.27. The SMILES string of the molecule is NC(N)=NCCC[C@H](CC(=O)c1ccccc1)C(=O)Nc1ccc(CSc2ccccc2)cc1. The number of nitrogens with one attached hydrogen (secondary N) is 1. The lowest BCUT2D eigenvalue weighted by Crippen LogP contribution is -2.26. The van der Waals surface area contributed by atoms with Crippen LogP contribution in [0.25, 0.3) is 0 Å². The number of amides is 1. The molecule has 0 aliphatic carbocycles. The summed E-state index contributed by atoms with van der Waals surface area (Å²) in [6, 6.07) is 27.1. The standard InChI is InChI=1S/C27H30N4O2S/c28-27(29)30-17-7-10-22(18-25(32)21-8-3-1-4-9-21)26(33)31-23-15-13-20(14-16-23)19-34-24-11-5-2-6-12-24/h1-6,8-9,11-16,22H,7,10,17-19H2,(H,31,33)(H4,28,29,30)/t22-/m1/s1. The highest BCUT2D eigenvalue weighted by Gasteiger charge is 2.22. The second-order valence-corrected chi connectivity index (χ2v) is 8.98. The summed E-state index contributed by atoms with van der Waals surface area (Å²) in [7, 11) is 0. The van der Waals surface area contributed by atoms with E-state index >= 15 is 0 Å². The van der Waals surface area contributed by atoms with Gasteiger partial charge in [0.2, 0.25) is 5.91 Å². The molecule has 6 nitrogen and oxygen atoms in total. The zero-order chi connectivity index (χ0) is 24.2. The number of ketones is 1. The fraction of sp³-hybridized carbons (Fsp3) is 0.222. The maximum absolute atomic E-state index is 13.1. The number of benzene rings is 3. The Bertz CT molecular complexity index is 1080. The highest BCUT2D eigenvalue weighted by Crippen LogP contribution is 2.24. The second kappa shape index (κ2) is 13.2. The maximum Gasteiger partial charge on any atom is 0.227 e. The van der Waals surface area contributed by atoms with Gasteiger partial charge in [-0.3, -0.25) is 14.6 Å². The number of anilines is 1. The molecule has 7 heteroatoms. The molecule has 3 rings (SSSR count). The molecule has 34 heavy (non-hydrogen) atoms. The first-order chi connectivity index (χ1) is 16.5. The molecule has 0 aromatic heterocycles. The Morgan fingerprint density at radius 2 is 1.53 bits per heavy atom. The number of nitrogens with zero attached hydrogens (tertiary/aromatic N) is 1. The van der Waals surface area contributed by atoms with Gasteiger partial charge in [0.1, 0.15) is 0 Å². The summed E-state index contributed by atoms with van der Waals surface area (Å²) in [6.07, 6.45) is 1.24. The number of thioether (sulfide) groups is 1. The van der Waals surface area contributed by atoms with Crippen LogP contribution in [0.15, 0.2) is 94.8 Å². The van der Waals surface area contributed by atoms with E-state index in [4.69, 9.17) is 11.5 Å². The van der Waals surface area contributed by atoms with Gasteiger partial charge in [0.05, 0.1) is 0 Å². The molecule has 176 valence electrons. The van der Waals surface area contributed by atoms with E-state index in [1.54, 1.807) is 23.9 Å². The van der Waals surface area contributed by atoms with E-state index in [1.165, 1.54) is 10.5 Å². The number of carbonyl (C=O) groups excluding carboxylic acids is 2. The highest BCUT2D eigenvalue weighted by molar-refractivity contribution is 7.98. The van der Waals surface area contributed by atoms with Gasteiger partial charge in [-0.05, 0) is 42.7 Å². The Morgan fingerprint density at radius 1 is 0.882 bits per heavy atom. The Labute approximate surface area is 204 Å². The van der Waals surface area contributed by atoms with Crippen LogP contribution in [0, 0.1) is 5.92 Å². The van der Waals surface area contributed by atoms with Crippen molar-refractivity contribution in [1.82, 2.24) is 0 Å². The minimum atomic E-state index is -0.477. The topological polar surface area (TPSA) is 111 Å². The van der Waals surface area contributed by atoms with Crippen molar-refractivity contribution >= 4 is 35.1 Å². The first-order valence-corrected chi connectivity index (χ1v) is 12.2. The first-order valence-electron chi connectivity index (χ1n) is 11.2. The van der Waals surface area contributed by atoms with Crippen molar-refractivity contribution in [2.45, 2.75) is 29.9 Å². The molecule has 3 aromatic carbocycles. The van der Waals surface area contributed by atoms with Crippen LogP contribution in [-0.4, -0.2) is 24.2 Å². The number of carbonyl (C=O) groups is 2. The van der Waals surface area contributed by atoms with E-state index in [0.29, 0.717) is 30.6 Å². The molecule has 0 saturated carbocycles. The molecule has 0 spiro atoms. The molecule has 0 unspecified atom stereocenters. The van der Waals surface area contributed by atoms with E-state index in [9.17, 15) is 9.59 Å². The van der Waals surface area contributed by atoms with E-state index in [1.807, 2.05) is 60.7 Å². The van der Waals surface area contributed by atoms with Crippen LogP contribution < -0.4 is 16.8 Å². The lowest BCUT2D eigenvalue weighted by Gasteiger charge is -2.16. The molecule has 1 amide bonds. The number of rotatable bonds is 12. The maximum atomic E-state index is 13.1. The fourth-order valence-corrected chi connectivity index (χ4v) is 4.32. The molecule has 0 radical (unpaired) electrons. The molecule has 0 heterocycles. The van der Waals surface area contributed by atoms with Crippen molar-refractivity contribution in [1.29, 1.82) is 0 Å². The zero-order valence-electron chi connectivity index (χ0n) is 19.0. The van der Waals surface area contributed by atoms with E-state index in [-0.39, 0.29) is 24.1 Å². The summed E-state index contributed by atoms with van der Waals surface area (Å²) < 4.78 is 0. The van der Waals surface area contributed by atoms with Gasteiger partial charge >= 0.3 is 0 Å². The summed E-state index contributed by atoms with van der Waals surface area (Å²) in [4.78, 5) is 31.0. The minimum absolute atomic E-state index is 0.0203. The summed E-state index contributed by atoms with van der Waals surface area (Å²) in [5.74, 6) is 0.149. The fourth-order valence-electron chi connectivity index (χ4n) is 3.45.